The van der Waals surface area contributed by atoms with Crippen molar-refractivity contribution in [1.29, 1.82) is 0 Å². The highest BCUT2D eigenvalue weighted by atomic mass is 35.5. The molecule has 7 heteroatoms. The summed E-state index contributed by atoms with van der Waals surface area (Å²) in [4.78, 5) is 0. The van der Waals surface area contributed by atoms with Crippen LogP contribution in [-0.4, -0.2) is 36.1 Å². The highest BCUT2D eigenvalue weighted by Gasteiger charge is 2.14. The van der Waals surface area contributed by atoms with Crippen molar-refractivity contribution in [2.75, 3.05) is 20.3 Å². The van der Waals surface area contributed by atoms with Gasteiger partial charge in [-0.25, -0.2) is 4.68 Å². The van der Waals surface area contributed by atoms with Crippen LogP contribution in [0.25, 0.3) is 16.9 Å². The van der Waals surface area contributed by atoms with E-state index in [-0.39, 0.29) is 18.5 Å². The molecule has 0 aliphatic carbocycles. The first-order chi connectivity index (χ1) is 13.1. The lowest BCUT2D eigenvalue weighted by Gasteiger charge is -2.09. The molecular formula is C21H26ClN3O3. The Morgan fingerprint density at radius 2 is 1.64 bits per heavy atom. The molecule has 1 heterocycles. The number of aromatic nitrogens is 2. The van der Waals surface area contributed by atoms with Gasteiger partial charge in [-0.15, -0.1) is 17.5 Å². The average Bonchev–Trinajstić information content (AvgIpc) is 3.10. The molecule has 0 radical (unpaired) electrons. The molecule has 0 fully saturated rings. The molecule has 0 aliphatic heterocycles. The average molecular weight is 404 g/mol. The lowest BCUT2D eigenvalue weighted by Crippen LogP contribution is -2.10. The third-order valence-corrected chi connectivity index (χ3v) is 3.90. The van der Waals surface area contributed by atoms with Crippen molar-refractivity contribution in [3.05, 3.63) is 54.6 Å². The molecule has 0 spiro atoms. The predicted octanol–water partition coefficient (Wildman–Crippen LogP) is 4.09. The molecule has 28 heavy (non-hydrogen) atoms. The molecule has 3 rings (SSSR count). The maximum atomic E-state index is 5.81. The van der Waals surface area contributed by atoms with Crippen LogP contribution in [0.15, 0.2) is 54.6 Å². The van der Waals surface area contributed by atoms with Gasteiger partial charge in [0.05, 0.1) is 24.6 Å². The number of halogens is 1. The molecule has 0 saturated heterocycles. The second kappa shape index (κ2) is 10.0. The van der Waals surface area contributed by atoms with Gasteiger partial charge in [-0.3, -0.25) is 0 Å². The molecule has 1 aromatic heterocycles. The van der Waals surface area contributed by atoms with E-state index in [1.54, 1.807) is 7.11 Å². The summed E-state index contributed by atoms with van der Waals surface area (Å²) in [5.41, 5.74) is 8.35. The summed E-state index contributed by atoms with van der Waals surface area (Å²) in [6.07, 6.45) is 0.0455. The van der Waals surface area contributed by atoms with Crippen LogP contribution in [0.1, 0.15) is 13.8 Å². The fraction of sp³-hybridized carbons (Fsp3) is 0.286. The van der Waals surface area contributed by atoms with Crippen molar-refractivity contribution in [1.82, 2.24) is 9.78 Å². The monoisotopic (exact) mass is 403 g/mol. The first kappa shape index (κ1) is 21.6. The van der Waals surface area contributed by atoms with E-state index in [1.807, 2.05) is 73.1 Å². The van der Waals surface area contributed by atoms with E-state index in [2.05, 4.69) is 5.10 Å². The molecule has 0 amide bonds. The molecule has 0 atom stereocenters. The van der Waals surface area contributed by atoms with Crippen LogP contribution in [0.3, 0.4) is 0 Å². The first-order valence-corrected chi connectivity index (χ1v) is 8.95. The van der Waals surface area contributed by atoms with Gasteiger partial charge in [0.15, 0.2) is 0 Å². The Bertz CT molecular complexity index is 862. The van der Waals surface area contributed by atoms with Crippen LogP contribution >= 0.6 is 12.4 Å². The van der Waals surface area contributed by atoms with E-state index in [9.17, 15) is 0 Å². The molecule has 2 N–H and O–H groups in total. The Labute approximate surface area is 171 Å². The molecule has 0 bridgehead atoms. The van der Waals surface area contributed by atoms with E-state index >= 15 is 0 Å². The smallest absolute Gasteiger partial charge is 0.234 e. The third-order valence-electron chi connectivity index (χ3n) is 3.90. The van der Waals surface area contributed by atoms with Crippen LogP contribution in [-0.2, 0) is 0 Å². The van der Waals surface area contributed by atoms with E-state index in [0.29, 0.717) is 19.0 Å². The minimum Gasteiger partial charge on any atom is -0.497 e. The largest absolute Gasteiger partial charge is 0.497 e. The first-order valence-electron chi connectivity index (χ1n) is 8.95. The summed E-state index contributed by atoms with van der Waals surface area (Å²) in [6.45, 7) is 4.95. The van der Waals surface area contributed by atoms with Gasteiger partial charge in [0.1, 0.15) is 18.1 Å². The van der Waals surface area contributed by atoms with Crippen LogP contribution in [0, 0.1) is 0 Å². The second-order valence-corrected chi connectivity index (χ2v) is 6.31. The van der Waals surface area contributed by atoms with Crippen molar-refractivity contribution < 1.29 is 14.2 Å². The molecule has 6 nitrogen and oxygen atoms in total. The number of hydrogen-bond acceptors (Lipinski definition) is 5. The minimum absolute atomic E-state index is 0. The van der Waals surface area contributed by atoms with E-state index in [1.165, 1.54) is 0 Å². The molecule has 0 unspecified atom stereocenters. The quantitative estimate of drug-likeness (QED) is 0.613. The Kier molecular flexibility index (Phi) is 7.72. The van der Waals surface area contributed by atoms with Gasteiger partial charge in [0.2, 0.25) is 5.88 Å². The number of rotatable bonds is 8. The number of nitrogens with two attached hydrogens (primary N) is 1. The summed E-state index contributed by atoms with van der Waals surface area (Å²) in [5, 5.41) is 4.63. The number of benzene rings is 2. The Morgan fingerprint density at radius 1 is 1.00 bits per heavy atom. The summed E-state index contributed by atoms with van der Waals surface area (Å²) < 4.78 is 18.5. The number of methoxy groups -OCH3 is 1. The molecular weight excluding hydrogens is 378 g/mol. The Hall–Kier alpha value is -2.70. The summed E-state index contributed by atoms with van der Waals surface area (Å²) in [5.74, 6) is 2.17. The SMILES string of the molecule is COc1ccc(-n2nc(OC(C)C)cc2-c2ccc(OCCN)cc2)cc1.Cl. The van der Waals surface area contributed by atoms with Gasteiger partial charge in [0, 0.05) is 18.2 Å². The van der Waals surface area contributed by atoms with E-state index < -0.39 is 0 Å². The topological polar surface area (TPSA) is 71.5 Å². The highest BCUT2D eigenvalue weighted by molar-refractivity contribution is 5.85. The Morgan fingerprint density at radius 3 is 2.21 bits per heavy atom. The molecule has 0 saturated carbocycles. The Balaban J connectivity index is 0.00000280. The van der Waals surface area contributed by atoms with Gasteiger partial charge in [-0.05, 0) is 62.4 Å². The lowest BCUT2D eigenvalue weighted by atomic mass is 10.1. The summed E-state index contributed by atoms with van der Waals surface area (Å²) in [6, 6.07) is 17.6. The zero-order valence-corrected chi connectivity index (χ0v) is 17.1. The fourth-order valence-corrected chi connectivity index (χ4v) is 2.68. The van der Waals surface area contributed by atoms with Crippen LogP contribution in [0.5, 0.6) is 17.4 Å². The molecule has 0 aliphatic rings. The number of hydrogen-bond donors (Lipinski definition) is 1. The summed E-state index contributed by atoms with van der Waals surface area (Å²) in [7, 11) is 1.65. The second-order valence-electron chi connectivity index (χ2n) is 6.31. The van der Waals surface area contributed by atoms with Crippen molar-refractivity contribution in [2.24, 2.45) is 5.73 Å². The van der Waals surface area contributed by atoms with Gasteiger partial charge in [-0.2, -0.15) is 0 Å². The number of ether oxygens (including phenoxy) is 3. The lowest BCUT2D eigenvalue weighted by molar-refractivity contribution is 0.231. The van der Waals surface area contributed by atoms with E-state index in [0.717, 1.165) is 28.4 Å². The van der Waals surface area contributed by atoms with Crippen LogP contribution in [0.4, 0.5) is 0 Å². The maximum Gasteiger partial charge on any atom is 0.234 e. The van der Waals surface area contributed by atoms with Crippen molar-refractivity contribution >= 4 is 12.4 Å². The van der Waals surface area contributed by atoms with Crippen molar-refractivity contribution in [2.45, 2.75) is 20.0 Å². The predicted molar refractivity (Wildman–Crippen MR) is 113 cm³/mol. The minimum atomic E-state index is 0. The van der Waals surface area contributed by atoms with Crippen molar-refractivity contribution in [3.8, 4) is 34.3 Å². The molecule has 3 aromatic rings. The standard InChI is InChI=1S/C21H25N3O3.ClH/c1-15(2)27-21-14-20(16-4-8-19(9-5-16)26-13-12-22)24(23-21)17-6-10-18(25-3)11-7-17;/h4-11,14-15H,12-13,22H2,1-3H3;1H. The van der Waals surface area contributed by atoms with Gasteiger partial charge < -0.3 is 19.9 Å². The normalized spacial score (nSPS) is 10.5. The zero-order chi connectivity index (χ0) is 19.2. The molecule has 150 valence electrons. The van der Waals surface area contributed by atoms with E-state index in [4.69, 9.17) is 19.9 Å². The molecule has 2 aromatic carbocycles. The fourth-order valence-electron chi connectivity index (χ4n) is 2.68. The maximum absolute atomic E-state index is 5.81. The summed E-state index contributed by atoms with van der Waals surface area (Å²) >= 11 is 0. The van der Waals surface area contributed by atoms with Crippen LogP contribution < -0.4 is 19.9 Å². The van der Waals surface area contributed by atoms with Gasteiger partial charge in [0.25, 0.3) is 0 Å². The van der Waals surface area contributed by atoms with Crippen LogP contribution in [0.2, 0.25) is 0 Å². The van der Waals surface area contributed by atoms with Gasteiger partial charge >= 0.3 is 0 Å². The highest BCUT2D eigenvalue weighted by Crippen LogP contribution is 2.29. The number of nitrogens with zero attached hydrogens (tertiary/aromatic N) is 2. The third kappa shape index (κ3) is 5.18. The zero-order valence-electron chi connectivity index (χ0n) is 16.3. The van der Waals surface area contributed by atoms with Gasteiger partial charge in [-0.1, -0.05) is 0 Å². The van der Waals surface area contributed by atoms with Crippen molar-refractivity contribution in [3.63, 3.8) is 0 Å².